The number of halogens is 3. The van der Waals surface area contributed by atoms with Gasteiger partial charge in [-0.2, -0.15) is 13.2 Å². The summed E-state index contributed by atoms with van der Waals surface area (Å²) in [6, 6.07) is -1.17. The molecule has 2 saturated heterocycles. The number of rotatable bonds is 2. The van der Waals surface area contributed by atoms with E-state index in [1.54, 1.807) is 0 Å². The molecule has 8 heteroatoms. The number of carboxylic acid groups (broad SMARTS) is 1. The number of piperidine rings is 1. The van der Waals surface area contributed by atoms with E-state index in [4.69, 9.17) is 0 Å². The molecule has 2 N–H and O–H groups in total. The maximum atomic E-state index is 13.4. The van der Waals surface area contributed by atoms with Gasteiger partial charge in [0.25, 0.3) is 0 Å². The third-order valence-corrected chi connectivity index (χ3v) is 4.52. The Kier molecular flexibility index (Phi) is 4.19. The van der Waals surface area contributed by atoms with E-state index in [2.05, 4.69) is 5.32 Å². The lowest BCUT2D eigenvalue weighted by Crippen LogP contribution is -2.59. The molecule has 2 aliphatic rings. The minimum absolute atomic E-state index is 0.0643. The molecule has 120 valence electrons. The van der Waals surface area contributed by atoms with Crippen molar-refractivity contribution in [3.63, 3.8) is 0 Å². The quantitative estimate of drug-likeness (QED) is 0.805. The number of nitrogens with zero attached hydrogens (tertiary/aromatic N) is 1. The van der Waals surface area contributed by atoms with Crippen molar-refractivity contribution in [2.75, 3.05) is 19.6 Å². The molecule has 3 unspecified atom stereocenters. The van der Waals surface area contributed by atoms with Crippen molar-refractivity contribution in [3.05, 3.63) is 0 Å². The number of hydrogen-bond acceptors (Lipinski definition) is 3. The second-order valence-corrected chi connectivity index (χ2v) is 5.99. The molecule has 2 fully saturated rings. The van der Waals surface area contributed by atoms with Gasteiger partial charge in [-0.05, 0) is 31.7 Å². The highest BCUT2D eigenvalue weighted by atomic mass is 19.4. The maximum absolute atomic E-state index is 13.4. The third kappa shape index (κ3) is 2.73. The minimum Gasteiger partial charge on any atom is -0.480 e. The Morgan fingerprint density at radius 3 is 2.52 bits per heavy atom. The molecule has 0 bridgehead atoms. The maximum Gasteiger partial charge on any atom is 0.404 e. The van der Waals surface area contributed by atoms with Crippen molar-refractivity contribution in [2.24, 2.45) is 11.3 Å². The summed E-state index contributed by atoms with van der Waals surface area (Å²) in [4.78, 5) is 24.7. The minimum atomic E-state index is -4.68. The summed E-state index contributed by atoms with van der Waals surface area (Å²) < 4.78 is 40.2. The van der Waals surface area contributed by atoms with Gasteiger partial charge in [-0.15, -0.1) is 0 Å². The fourth-order valence-electron chi connectivity index (χ4n) is 3.13. The van der Waals surface area contributed by atoms with Crippen LogP contribution >= 0.6 is 0 Å². The van der Waals surface area contributed by atoms with Crippen LogP contribution in [0.3, 0.4) is 0 Å². The first kappa shape index (κ1) is 16.1. The van der Waals surface area contributed by atoms with Crippen LogP contribution in [0.25, 0.3) is 0 Å². The summed E-state index contributed by atoms with van der Waals surface area (Å²) in [6.07, 6.45) is -4.30. The predicted octanol–water partition coefficient (Wildman–Crippen LogP) is 1.24. The van der Waals surface area contributed by atoms with Gasteiger partial charge in [-0.1, -0.05) is 6.92 Å². The van der Waals surface area contributed by atoms with Crippen LogP contribution in [0.4, 0.5) is 13.2 Å². The van der Waals surface area contributed by atoms with Crippen LogP contribution in [0.2, 0.25) is 0 Å². The smallest absolute Gasteiger partial charge is 0.404 e. The molecule has 2 aliphatic heterocycles. The summed E-state index contributed by atoms with van der Waals surface area (Å²) in [5.74, 6) is -2.25. The number of alkyl halides is 3. The summed E-state index contributed by atoms with van der Waals surface area (Å²) in [5.41, 5.74) is -2.48. The molecule has 2 rings (SSSR count). The third-order valence-electron chi connectivity index (χ3n) is 4.52. The van der Waals surface area contributed by atoms with E-state index < -0.39 is 36.1 Å². The average molecular weight is 308 g/mol. The topological polar surface area (TPSA) is 69.6 Å². The molecule has 0 aromatic rings. The summed E-state index contributed by atoms with van der Waals surface area (Å²) in [6.45, 7) is 1.53. The average Bonchev–Trinajstić information content (AvgIpc) is 2.87. The van der Waals surface area contributed by atoms with Crippen LogP contribution in [0.1, 0.15) is 26.2 Å². The molecule has 0 spiro atoms. The zero-order chi connectivity index (χ0) is 15.8. The number of carbonyl (C=O) groups is 2. The van der Waals surface area contributed by atoms with Crippen molar-refractivity contribution in [3.8, 4) is 0 Å². The second kappa shape index (κ2) is 5.47. The van der Waals surface area contributed by atoms with E-state index in [9.17, 15) is 27.9 Å². The van der Waals surface area contributed by atoms with Gasteiger partial charge in [0.05, 0.1) is 0 Å². The number of aliphatic carboxylic acids is 1. The standard InChI is InChI=1S/C13H19F3N2O3/c1-8-2-5-18(9(6-8)10(19)20)11(21)12(13(14,15)16)3-4-17-7-12/h8-9,17H,2-7H2,1H3,(H,19,20). The first-order chi connectivity index (χ1) is 9.69. The monoisotopic (exact) mass is 308 g/mol. The normalized spacial score (nSPS) is 34.0. The van der Waals surface area contributed by atoms with Gasteiger partial charge in [0.15, 0.2) is 5.41 Å². The Bertz CT molecular complexity index is 433. The van der Waals surface area contributed by atoms with Gasteiger partial charge in [-0.3, -0.25) is 4.79 Å². The van der Waals surface area contributed by atoms with Crippen LogP contribution in [0.15, 0.2) is 0 Å². The van der Waals surface area contributed by atoms with E-state index in [1.165, 1.54) is 0 Å². The summed E-state index contributed by atoms with van der Waals surface area (Å²) >= 11 is 0. The van der Waals surface area contributed by atoms with Crippen LogP contribution in [0.5, 0.6) is 0 Å². The van der Waals surface area contributed by atoms with E-state index in [-0.39, 0.29) is 31.8 Å². The number of nitrogens with one attached hydrogen (secondary N) is 1. The molecule has 0 aromatic heterocycles. The lowest BCUT2D eigenvalue weighted by Gasteiger charge is -2.41. The lowest BCUT2D eigenvalue weighted by atomic mass is 9.82. The van der Waals surface area contributed by atoms with Gasteiger partial charge in [0.1, 0.15) is 6.04 Å². The molecule has 21 heavy (non-hydrogen) atoms. The van der Waals surface area contributed by atoms with Crippen LogP contribution in [-0.2, 0) is 9.59 Å². The highest BCUT2D eigenvalue weighted by Gasteiger charge is 2.63. The fourth-order valence-corrected chi connectivity index (χ4v) is 3.13. The number of carbonyl (C=O) groups excluding carboxylic acids is 1. The number of carboxylic acids is 1. The number of hydrogen-bond donors (Lipinski definition) is 2. The number of likely N-dealkylation sites (tertiary alicyclic amines) is 1. The molecule has 5 nitrogen and oxygen atoms in total. The predicted molar refractivity (Wildman–Crippen MR) is 67.5 cm³/mol. The Hall–Kier alpha value is -1.31. The molecule has 0 aliphatic carbocycles. The molecule has 0 aromatic carbocycles. The summed E-state index contributed by atoms with van der Waals surface area (Å²) in [7, 11) is 0. The van der Waals surface area contributed by atoms with Crippen molar-refractivity contribution >= 4 is 11.9 Å². The zero-order valence-corrected chi connectivity index (χ0v) is 11.7. The van der Waals surface area contributed by atoms with Gasteiger partial charge in [-0.25, -0.2) is 4.79 Å². The van der Waals surface area contributed by atoms with E-state index in [1.807, 2.05) is 6.92 Å². The Morgan fingerprint density at radius 2 is 2.05 bits per heavy atom. The Morgan fingerprint density at radius 1 is 1.38 bits per heavy atom. The van der Waals surface area contributed by atoms with Crippen molar-refractivity contribution in [1.82, 2.24) is 10.2 Å². The molecule has 0 radical (unpaired) electrons. The highest BCUT2D eigenvalue weighted by Crippen LogP contribution is 2.45. The second-order valence-electron chi connectivity index (χ2n) is 5.99. The SMILES string of the molecule is CC1CCN(C(=O)C2(C(F)(F)F)CCNC2)C(C(=O)O)C1. The van der Waals surface area contributed by atoms with Crippen molar-refractivity contribution < 1.29 is 27.9 Å². The Balaban J connectivity index is 2.30. The first-order valence-electron chi connectivity index (χ1n) is 7.00. The van der Waals surface area contributed by atoms with Gasteiger partial charge in [0, 0.05) is 13.1 Å². The number of amides is 1. The summed E-state index contributed by atoms with van der Waals surface area (Å²) in [5, 5.41) is 11.8. The van der Waals surface area contributed by atoms with Crippen LogP contribution in [-0.4, -0.2) is 53.7 Å². The van der Waals surface area contributed by atoms with Crippen molar-refractivity contribution in [2.45, 2.75) is 38.4 Å². The van der Waals surface area contributed by atoms with Crippen LogP contribution in [0, 0.1) is 11.3 Å². The molecule has 3 atom stereocenters. The zero-order valence-electron chi connectivity index (χ0n) is 11.7. The van der Waals surface area contributed by atoms with Gasteiger partial charge < -0.3 is 15.3 Å². The fraction of sp³-hybridized carbons (Fsp3) is 0.846. The van der Waals surface area contributed by atoms with Crippen molar-refractivity contribution in [1.29, 1.82) is 0 Å². The molecule has 1 amide bonds. The molecule has 0 saturated carbocycles. The molecular weight excluding hydrogens is 289 g/mol. The van der Waals surface area contributed by atoms with Crippen LogP contribution < -0.4 is 5.32 Å². The molecular formula is C13H19F3N2O3. The largest absolute Gasteiger partial charge is 0.480 e. The lowest BCUT2D eigenvalue weighted by molar-refractivity contribution is -0.224. The van der Waals surface area contributed by atoms with E-state index >= 15 is 0 Å². The Labute approximate surface area is 120 Å². The van der Waals surface area contributed by atoms with Gasteiger partial charge in [0.2, 0.25) is 5.91 Å². The van der Waals surface area contributed by atoms with E-state index in [0.717, 1.165) is 4.90 Å². The molecule has 2 heterocycles. The van der Waals surface area contributed by atoms with E-state index in [0.29, 0.717) is 6.42 Å². The highest BCUT2D eigenvalue weighted by molar-refractivity contribution is 5.89. The van der Waals surface area contributed by atoms with Gasteiger partial charge >= 0.3 is 12.1 Å². The first-order valence-corrected chi connectivity index (χ1v) is 7.00.